The van der Waals surface area contributed by atoms with Gasteiger partial charge in [0, 0.05) is 12.4 Å². The van der Waals surface area contributed by atoms with Crippen LogP contribution in [0.5, 0.6) is 0 Å². The van der Waals surface area contributed by atoms with E-state index in [1.54, 1.807) is 30.2 Å². The van der Waals surface area contributed by atoms with Gasteiger partial charge in [0.1, 0.15) is 6.33 Å². The van der Waals surface area contributed by atoms with Crippen molar-refractivity contribution >= 4 is 11.9 Å². The van der Waals surface area contributed by atoms with E-state index in [2.05, 4.69) is 25.3 Å². The lowest BCUT2D eigenvalue weighted by molar-refractivity contribution is 0.132. The molecule has 8 nitrogen and oxygen atoms in total. The van der Waals surface area contributed by atoms with Crippen molar-refractivity contribution in [2.75, 3.05) is 11.1 Å². The third-order valence-electron chi connectivity index (χ3n) is 2.85. The van der Waals surface area contributed by atoms with Gasteiger partial charge >= 0.3 is 0 Å². The van der Waals surface area contributed by atoms with E-state index in [0.29, 0.717) is 11.9 Å². The Morgan fingerprint density at radius 3 is 2.68 bits per heavy atom. The van der Waals surface area contributed by atoms with Crippen LogP contribution in [-0.4, -0.2) is 41.3 Å². The van der Waals surface area contributed by atoms with Crippen molar-refractivity contribution in [1.29, 1.82) is 0 Å². The third-order valence-corrected chi connectivity index (χ3v) is 2.85. The Bertz CT molecular complexity index is 550. The number of imidazole rings is 1. The summed E-state index contributed by atoms with van der Waals surface area (Å²) >= 11 is 0. The van der Waals surface area contributed by atoms with Gasteiger partial charge in [-0.05, 0) is 20.8 Å². The molecule has 1 atom stereocenters. The molecule has 0 aliphatic carbocycles. The van der Waals surface area contributed by atoms with Gasteiger partial charge in [0.25, 0.3) is 0 Å². The first-order valence-electron chi connectivity index (χ1n) is 5.84. The van der Waals surface area contributed by atoms with Crippen LogP contribution in [0.25, 0.3) is 5.95 Å². The highest BCUT2D eigenvalue weighted by Crippen LogP contribution is 2.16. The van der Waals surface area contributed by atoms with Gasteiger partial charge < -0.3 is 16.2 Å². The first-order chi connectivity index (χ1) is 8.88. The molecule has 2 aromatic rings. The highest BCUT2D eigenvalue weighted by atomic mass is 16.3. The minimum absolute atomic E-state index is 0.0996. The second kappa shape index (κ2) is 4.81. The van der Waals surface area contributed by atoms with Crippen molar-refractivity contribution in [2.45, 2.75) is 32.4 Å². The highest BCUT2D eigenvalue weighted by Gasteiger charge is 2.25. The molecule has 0 radical (unpaired) electrons. The first-order valence-corrected chi connectivity index (χ1v) is 5.84. The molecule has 19 heavy (non-hydrogen) atoms. The van der Waals surface area contributed by atoms with Gasteiger partial charge in [-0.15, -0.1) is 0 Å². The van der Waals surface area contributed by atoms with Gasteiger partial charge in [0.2, 0.25) is 17.8 Å². The molecule has 0 spiro atoms. The maximum Gasteiger partial charge on any atom is 0.241 e. The van der Waals surface area contributed by atoms with E-state index in [0.717, 1.165) is 0 Å². The quantitative estimate of drug-likeness (QED) is 0.722. The predicted molar refractivity (Wildman–Crippen MR) is 70.7 cm³/mol. The molecule has 4 N–H and O–H groups in total. The zero-order valence-corrected chi connectivity index (χ0v) is 11.1. The molecule has 0 aliphatic rings. The van der Waals surface area contributed by atoms with Crippen molar-refractivity contribution in [2.24, 2.45) is 0 Å². The minimum Gasteiger partial charge on any atom is -0.391 e. The van der Waals surface area contributed by atoms with Gasteiger partial charge in [-0.3, -0.25) is 4.57 Å². The van der Waals surface area contributed by atoms with Crippen LogP contribution >= 0.6 is 0 Å². The molecule has 0 aliphatic heterocycles. The molecule has 2 aromatic heterocycles. The number of nitrogen functional groups attached to an aromatic ring is 1. The number of aromatic nitrogens is 5. The minimum atomic E-state index is -0.583. The fourth-order valence-corrected chi connectivity index (χ4v) is 1.32. The largest absolute Gasteiger partial charge is 0.391 e. The Morgan fingerprint density at radius 2 is 2.11 bits per heavy atom. The number of aliphatic hydroxyl groups excluding tert-OH is 1. The second-order valence-electron chi connectivity index (χ2n) is 4.81. The molecular formula is C11H17N7O. The molecular weight excluding hydrogens is 246 g/mol. The van der Waals surface area contributed by atoms with Gasteiger partial charge in [0.15, 0.2) is 0 Å². The average Bonchev–Trinajstić information content (AvgIpc) is 2.80. The molecule has 0 amide bonds. The summed E-state index contributed by atoms with van der Waals surface area (Å²) in [4.78, 5) is 16.2. The summed E-state index contributed by atoms with van der Waals surface area (Å²) in [5.74, 6) is 0.776. The summed E-state index contributed by atoms with van der Waals surface area (Å²) in [7, 11) is 0. The normalized spacial score (nSPS) is 13.3. The number of nitrogens with two attached hydrogens (primary N) is 1. The van der Waals surface area contributed by atoms with Crippen LogP contribution < -0.4 is 11.1 Å². The van der Waals surface area contributed by atoms with Crippen molar-refractivity contribution in [1.82, 2.24) is 24.5 Å². The Morgan fingerprint density at radius 1 is 1.37 bits per heavy atom. The van der Waals surface area contributed by atoms with Crippen molar-refractivity contribution in [3.63, 3.8) is 0 Å². The number of nitrogens with one attached hydrogen (secondary N) is 1. The lowest BCUT2D eigenvalue weighted by Gasteiger charge is -2.29. The zero-order chi connectivity index (χ0) is 14.0. The van der Waals surface area contributed by atoms with Gasteiger partial charge in [-0.1, -0.05) is 0 Å². The molecule has 2 heterocycles. The molecule has 0 bridgehead atoms. The van der Waals surface area contributed by atoms with Crippen LogP contribution in [0, 0.1) is 0 Å². The predicted octanol–water partition coefficient (Wildman–Crippen LogP) is 0.211. The molecule has 2 rings (SSSR count). The van der Waals surface area contributed by atoms with Gasteiger partial charge in [0.05, 0.1) is 11.6 Å². The summed E-state index contributed by atoms with van der Waals surface area (Å²) < 4.78 is 1.62. The molecule has 0 saturated carbocycles. The Kier molecular flexibility index (Phi) is 3.34. The second-order valence-corrected chi connectivity index (χ2v) is 4.81. The lowest BCUT2D eigenvalue weighted by atomic mass is 9.99. The van der Waals surface area contributed by atoms with Crippen molar-refractivity contribution < 1.29 is 5.11 Å². The average molecular weight is 263 g/mol. The number of nitrogens with zero attached hydrogens (tertiary/aromatic N) is 5. The Balaban J connectivity index is 2.32. The highest BCUT2D eigenvalue weighted by molar-refractivity contribution is 5.37. The summed E-state index contributed by atoms with van der Waals surface area (Å²) in [6, 6.07) is 0. The molecule has 0 saturated heterocycles. The summed E-state index contributed by atoms with van der Waals surface area (Å²) in [5.41, 5.74) is 5.08. The van der Waals surface area contributed by atoms with E-state index in [1.165, 1.54) is 0 Å². The fourth-order valence-electron chi connectivity index (χ4n) is 1.32. The number of hydrogen-bond acceptors (Lipinski definition) is 7. The first kappa shape index (κ1) is 13.2. The standard InChI is InChI=1S/C11H17N7O/c1-7(19)11(2,3)17-9-14-8(12)15-10(16-9)18-5-4-13-6-18/h4-7,19H,1-3H3,(H3,12,14,15,16,17). The van der Waals surface area contributed by atoms with Crippen LogP contribution in [0.15, 0.2) is 18.7 Å². The smallest absolute Gasteiger partial charge is 0.241 e. The van der Waals surface area contributed by atoms with E-state index in [9.17, 15) is 5.11 Å². The van der Waals surface area contributed by atoms with E-state index >= 15 is 0 Å². The number of aliphatic hydroxyl groups is 1. The van der Waals surface area contributed by atoms with Crippen LogP contribution in [0.2, 0.25) is 0 Å². The van der Waals surface area contributed by atoms with Crippen molar-refractivity contribution in [3.8, 4) is 5.95 Å². The van der Waals surface area contributed by atoms with Crippen LogP contribution in [0.3, 0.4) is 0 Å². The maximum absolute atomic E-state index is 9.68. The maximum atomic E-state index is 9.68. The Labute approximate surface area is 110 Å². The number of anilines is 2. The summed E-state index contributed by atoms with van der Waals surface area (Å²) in [6.45, 7) is 5.37. The molecule has 8 heteroatoms. The van der Waals surface area contributed by atoms with Crippen LogP contribution in [0.1, 0.15) is 20.8 Å². The van der Waals surface area contributed by atoms with Crippen molar-refractivity contribution in [3.05, 3.63) is 18.7 Å². The van der Waals surface area contributed by atoms with Gasteiger partial charge in [-0.2, -0.15) is 15.0 Å². The van der Waals surface area contributed by atoms with Crippen LogP contribution in [-0.2, 0) is 0 Å². The SMILES string of the molecule is CC(O)C(C)(C)Nc1nc(N)nc(-n2ccnc2)n1. The van der Waals surface area contributed by atoms with E-state index < -0.39 is 11.6 Å². The molecule has 1 unspecified atom stereocenters. The molecule has 0 fully saturated rings. The van der Waals surface area contributed by atoms with Crippen LogP contribution in [0.4, 0.5) is 11.9 Å². The molecule has 102 valence electrons. The Hall–Kier alpha value is -2.22. The zero-order valence-electron chi connectivity index (χ0n) is 11.1. The van der Waals surface area contributed by atoms with Gasteiger partial charge in [-0.25, -0.2) is 4.98 Å². The van der Waals surface area contributed by atoms with E-state index in [1.807, 2.05) is 13.8 Å². The van der Waals surface area contributed by atoms with E-state index in [-0.39, 0.29) is 5.95 Å². The topological polar surface area (TPSA) is 115 Å². The number of rotatable bonds is 4. The fraction of sp³-hybridized carbons (Fsp3) is 0.455. The summed E-state index contributed by atoms with van der Waals surface area (Å²) in [5, 5.41) is 12.7. The third kappa shape index (κ3) is 2.97. The monoisotopic (exact) mass is 263 g/mol. The lowest BCUT2D eigenvalue weighted by Crippen LogP contribution is -2.42. The summed E-state index contributed by atoms with van der Waals surface area (Å²) in [6.07, 6.45) is 4.31. The molecule has 0 aromatic carbocycles. The number of hydrogen-bond donors (Lipinski definition) is 3. The van der Waals surface area contributed by atoms with E-state index in [4.69, 9.17) is 5.73 Å².